The van der Waals surface area contributed by atoms with Gasteiger partial charge in [0.15, 0.2) is 5.82 Å². The Labute approximate surface area is 129 Å². The van der Waals surface area contributed by atoms with Crippen LogP contribution in [0.3, 0.4) is 0 Å². The monoisotopic (exact) mass is 307 g/mol. The zero-order valence-corrected chi connectivity index (χ0v) is 13.3. The highest BCUT2D eigenvalue weighted by molar-refractivity contribution is 6.28. The van der Waals surface area contributed by atoms with E-state index in [1.54, 1.807) is 0 Å². The van der Waals surface area contributed by atoms with Crippen molar-refractivity contribution >= 4 is 11.6 Å². The van der Waals surface area contributed by atoms with E-state index in [2.05, 4.69) is 35.7 Å². The Hall–Kier alpha value is -1.88. The lowest BCUT2D eigenvalue weighted by molar-refractivity contribution is 0.198. The summed E-state index contributed by atoms with van der Waals surface area (Å²) in [5, 5.41) is 0.102. The van der Waals surface area contributed by atoms with Crippen LogP contribution in [0.4, 0.5) is 0 Å². The summed E-state index contributed by atoms with van der Waals surface area (Å²) in [5.74, 6) is 1.27. The minimum atomic E-state index is 0.102. The van der Waals surface area contributed by atoms with Crippen molar-refractivity contribution in [3.63, 3.8) is 0 Å². The fourth-order valence-corrected chi connectivity index (χ4v) is 1.70. The van der Waals surface area contributed by atoms with E-state index in [0.29, 0.717) is 12.4 Å². The molecule has 0 bridgehead atoms. The van der Waals surface area contributed by atoms with Crippen LogP contribution in [0.1, 0.15) is 20.8 Å². The Morgan fingerprint density at radius 3 is 2.29 bits per heavy atom. The number of ether oxygens (including phenoxy) is 2. The van der Waals surface area contributed by atoms with E-state index in [4.69, 9.17) is 21.1 Å². The molecule has 0 radical (unpaired) electrons. The zero-order valence-electron chi connectivity index (χ0n) is 12.6. The molecule has 0 saturated carbocycles. The van der Waals surface area contributed by atoms with Crippen molar-refractivity contribution in [2.24, 2.45) is 5.41 Å². The summed E-state index contributed by atoms with van der Waals surface area (Å²) in [5.41, 5.74) is 0.939. The predicted molar refractivity (Wildman–Crippen MR) is 81.8 cm³/mol. The molecule has 5 nitrogen and oxygen atoms in total. The SMILES string of the molecule is COc1nc(Cl)nc(-c2ccc(OCC(C)(C)C)cc2)n1. The third kappa shape index (κ3) is 4.56. The minimum Gasteiger partial charge on any atom is -0.493 e. The molecule has 1 heterocycles. The van der Waals surface area contributed by atoms with Crippen LogP contribution in [-0.4, -0.2) is 28.7 Å². The Bertz CT molecular complexity index is 609. The molecule has 112 valence electrons. The summed E-state index contributed by atoms with van der Waals surface area (Å²) in [4.78, 5) is 12.1. The summed E-state index contributed by atoms with van der Waals surface area (Å²) in [6.07, 6.45) is 0. The standard InChI is InChI=1S/C15H18ClN3O2/c1-15(2,3)9-21-11-7-5-10(6-8-11)12-17-13(16)19-14(18-12)20-4/h5-8H,9H2,1-4H3. The molecule has 0 aliphatic carbocycles. The maximum atomic E-state index is 5.84. The Balaban J connectivity index is 2.17. The number of hydrogen-bond donors (Lipinski definition) is 0. The van der Waals surface area contributed by atoms with E-state index in [9.17, 15) is 0 Å². The average molecular weight is 308 g/mol. The molecular formula is C15H18ClN3O2. The normalized spacial score (nSPS) is 11.3. The van der Waals surface area contributed by atoms with E-state index >= 15 is 0 Å². The number of benzene rings is 1. The maximum absolute atomic E-state index is 5.84. The number of halogens is 1. The second kappa shape index (κ2) is 6.26. The van der Waals surface area contributed by atoms with Crippen LogP contribution in [-0.2, 0) is 0 Å². The lowest BCUT2D eigenvalue weighted by atomic mass is 9.99. The third-order valence-electron chi connectivity index (χ3n) is 2.55. The van der Waals surface area contributed by atoms with Gasteiger partial charge in [0, 0.05) is 5.56 Å². The fourth-order valence-electron chi connectivity index (χ4n) is 1.55. The van der Waals surface area contributed by atoms with Gasteiger partial charge < -0.3 is 9.47 Å². The first-order valence-electron chi connectivity index (χ1n) is 6.56. The molecule has 0 aliphatic rings. The molecule has 1 aromatic heterocycles. The van der Waals surface area contributed by atoms with Gasteiger partial charge in [-0.1, -0.05) is 20.8 Å². The first-order valence-corrected chi connectivity index (χ1v) is 6.94. The molecule has 0 atom stereocenters. The molecule has 0 fully saturated rings. The first kappa shape index (κ1) is 15.5. The molecule has 0 unspecified atom stereocenters. The van der Waals surface area contributed by atoms with Crippen molar-refractivity contribution in [2.75, 3.05) is 13.7 Å². The minimum absolute atomic E-state index is 0.102. The highest BCUT2D eigenvalue weighted by atomic mass is 35.5. The van der Waals surface area contributed by atoms with Crippen LogP contribution in [0.15, 0.2) is 24.3 Å². The second-order valence-electron chi connectivity index (χ2n) is 5.79. The summed E-state index contributed by atoms with van der Waals surface area (Å²) >= 11 is 5.84. The molecule has 0 spiro atoms. The lowest BCUT2D eigenvalue weighted by Crippen LogP contribution is -2.16. The molecule has 0 N–H and O–H groups in total. The van der Waals surface area contributed by atoms with Gasteiger partial charge in [0.05, 0.1) is 13.7 Å². The number of nitrogens with zero attached hydrogens (tertiary/aromatic N) is 3. The molecule has 0 saturated heterocycles. The van der Waals surface area contributed by atoms with Gasteiger partial charge in [-0.15, -0.1) is 0 Å². The second-order valence-corrected chi connectivity index (χ2v) is 6.13. The third-order valence-corrected chi connectivity index (χ3v) is 2.72. The maximum Gasteiger partial charge on any atom is 0.321 e. The molecule has 0 amide bonds. The number of methoxy groups -OCH3 is 1. The lowest BCUT2D eigenvalue weighted by Gasteiger charge is -2.18. The van der Waals surface area contributed by atoms with Gasteiger partial charge in [-0.3, -0.25) is 0 Å². The molecule has 1 aromatic carbocycles. The van der Waals surface area contributed by atoms with Crippen LogP contribution < -0.4 is 9.47 Å². The van der Waals surface area contributed by atoms with Gasteiger partial charge in [-0.05, 0) is 41.3 Å². The predicted octanol–water partition coefficient (Wildman–Crippen LogP) is 3.63. The average Bonchev–Trinajstić information content (AvgIpc) is 2.44. The van der Waals surface area contributed by atoms with Crippen LogP contribution in [0.5, 0.6) is 11.8 Å². The molecule has 0 aliphatic heterocycles. The van der Waals surface area contributed by atoms with E-state index < -0.39 is 0 Å². The molecule has 6 heteroatoms. The van der Waals surface area contributed by atoms with Gasteiger partial charge >= 0.3 is 6.01 Å². The van der Waals surface area contributed by atoms with Crippen molar-refractivity contribution < 1.29 is 9.47 Å². The van der Waals surface area contributed by atoms with E-state index in [1.807, 2.05) is 24.3 Å². The van der Waals surface area contributed by atoms with Crippen LogP contribution in [0.2, 0.25) is 5.28 Å². The van der Waals surface area contributed by atoms with E-state index in [-0.39, 0.29) is 16.7 Å². The largest absolute Gasteiger partial charge is 0.493 e. The molecule has 2 aromatic rings. The molecular weight excluding hydrogens is 290 g/mol. The summed E-state index contributed by atoms with van der Waals surface area (Å²) < 4.78 is 10.7. The van der Waals surface area contributed by atoms with Crippen molar-refractivity contribution in [2.45, 2.75) is 20.8 Å². The topological polar surface area (TPSA) is 57.1 Å². The highest BCUT2D eigenvalue weighted by Gasteiger charge is 2.12. The van der Waals surface area contributed by atoms with Crippen molar-refractivity contribution in [1.82, 2.24) is 15.0 Å². The smallest absolute Gasteiger partial charge is 0.321 e. The van der Waals surface area contributed by atoms with Crippen LogP contribution in [0.25, 0.3) is 11.4 Å². The van der Waals surface area contributed by atoms with Crippen molar-refractivity contribution in [1.29, 1.82) is 0 Å². The van der Waals surface area contributed by atoms with Gasteiger partial charge in [0.25, 0.3) is 0 Å². The van der Waals surface area contributed by atoms with E-state index in [0.717, 1.165) is 11.3 Å². The fraction of sp³-hybridized carbons (Fsp3) is 0.400. The van der Waals surface area contributed by atoms with Crippen molar-refractivity contribution in [3.05, 3.63) is 29.5 Å². The summed E-state index contributed by atoms with van der Waals surface area (Å²) in [6, 6.07) is 7.71. The van der Waals surface area contributed by atoms with E-state index in [1.165, 1.54) is 7.11 Å². The van der Waals surface area contributed by atoms with Crippen LogP contribution in [0, 0.1) is 5.41 Å². The quantitative estimate of drug-likeness (QED) is 0.863. The number of hydrogen-bond acceptors (Lipinski definition) is 5. The molecule has 2 rings (SSSR count). The molecule has 21 heavy (non-hydrogen) atoms. The van der Waals surface area contributed by atoms with Crippen LogP contribution >= 0.6 is 11.6 Å². The Morgan fingerprint density at radius 1 is 1.05 bits per heavy atom. The zero-order chi connectivity index (χ0) is 15.5. The summed E-state index contributed by atoms with van der Waals surface area (Å²) in [6.45, 7) is 7.03. The first-order chi connectivity index (χ1) is 9.87. The van der Waals surface area contributed by atoms with Gasteiger partial charge in [0.2, 0.25) is 5.28 Å². The Morgan fingerprint density at radius 2 is 1.71 bits per heavy atom. The number of aromatic nitrogens is 3. The highest BCUT2D eigenvalue weighted by Crippen LogP contribution is 2.23. The summed E-state index contributed by atoms with van der Waals surface area (Å²) in [7, 11) is 1.48. The van der Waals surface area contributed by atoms with Gasteiger partial charge in [-0.2, -0.15) is 15.0 Å². The Kier molecular flexibility index (Phi) is 4.63. The number of rotatable bonds is 4. The van der Waals surface area contributed by atoms with Gasteiger partial charge in [-0.25, -0.2) is 0 Å². The van der Waals surface area contributed by atoms with Crippen molar-refractivity contribution in [3.8, 4) is 23.1 Å². The van der Waals surface area contributed by atoms with Gasteiger partial charge in [0.1, 0.15) is 5.75 Å².